The molecule has 1 aromatic heterocycles. The van der Waals surface area contributed by atoms with Crippen molar-refractivity contribution >= 4 is 5.91 Å². The molecule has 0 radical (unpaired) electrons. The summed E-state index contributed by atoms with van der Waals surface area (Å²) in [5, 5.41) is 12.1. The van der Waals surface area contributed by atoms with Crippen LogP contribution in [0.1, 0.15) is 22.3 Å². The third-order valence-corrected chi connectivity index (χ3v) is 4.58. The maximum atomic E-state index is 12.3. The van der Waals surface area contributed by atoms with E-state index < -0.39 is 0 Å². The molecule has 0 unspecified atom stereocenters. The molecule has 0 atom stereocenters. The largest absolute Gasteiger partial charge is 0.392 e. The van der Waals surface area contributed by atoms with E-state index in [1.54, 1.807) is 24.5 Å². The molecule has 3 rings (SSSR count). The number of aliphatic hydroxyl groups excluding tert-OH is 1. The predicted molar refractivity (Wildman–Crippen MR) is 114 cm³/mol. The van der Waals surface area contributed by atoms with E-state index in [4.69, 9.17) is 4.98 Å². The third kappa shape index (κ3) is 5.70. The number of benzene rings is 2. The van der Waals surface area contributed by atoms with Crippen molar-refractivity contribution in [2.24, 2.45) is 0 Å². The number of nitrogens with zero attached hydrogens (tertiary/aromatic N) is 3. The van der Waals surface area contributed by atoms with Crippen LogP contribution in [0.3, 0.4) is 0 Å². The number of nitrogens with one attached hydrogen (secondary N) is 1. The van der Waals surface area contributed by atoms with Crippen molar-refractivity contribution in [3.63, 3.8) is 0 Å². The first kappa shape index (κ1) is 20.6. The summed E-state index contributed by atoms with van der Waals surface area (Å²) in [7, 11) is 4.03. The fourth-order valence-electron chi connectivity index (χ4n) is 2.92. The van der Waals surface area contributed by atoms with Crippen LogP contribution in [0.5, 0.6) is 0 Å². The van der Waals surface area contributed by atoms with Crippen LogP contribution in [-0.4, -0.2) is 53.1 Å². The topological polar surface area (TPSA) is 78.4 Å². The Morgan fingerprint density at radius 1 is 0.966 bits per heavy atom. The second kappa shape index (κ2) is 9.91. The number of hydrogen-bond acceptors (Lipinski definition) is 5. The van der Waals surface area contributed by atoms with Crippen molar-refractivity contribution in [2.75, 3.05) is 27.2 Å². The minimum atomic E-state index is -0.0703. The highest BCUT2D eigenvalue weighted by atomic mass is 16.3. The Kier molecular flexibility index (Phi) is 7.05. The minimum absolute atomic E-state index is 0.0155. The molecule has 0 saturated heterocycles. The number of rotatable bonds is 8. The fourth-order valence-corrected chi connectivity index (χ4v) is 2.92. The van der Waals surface area contributed by atoms with Gasteiger partial charge in [0.1, 0.15) is 0 Å². The molecule has 0 spiro atoms. The Morgan fingerprint density at radius 2 is 1.55 bits per heavy atom. The Hall–Kier alpha value is -3.09. The van der Waals surface area contributed by atoms with Gasteiger partial charge in [0.2, 0.25) is 0 Å². The molecule has 0 saturated carbocycles. The average molecular weight is 390 g/mol. The summed E-state index contributed by atoms with van der Waals surface area (Å²) < 4.78 is 0. The summed E-state index contributed by atoms with van der Waals surface area (Å²) in [6.45, 7) is 1.61. The molecule has 0 bridgehead atoms. The van der Waals surface area contributed by atoms with Crippen LogP contribution < -0.4 is 5.32 Å². The van der Waals surface area contributed by atoms with Crippen LogP contribution in [0.2, 0.25) is 0 Å². The lowest BCUT2D eigenvalue weighted by molar-refractivity contribution is 0.0952. The normalized spacial score (nSPS) is 10.9. The standard InChI is InChI=1S/C23H26N4O2/c1-27(2)13-3-12-25-23(29)20-10-8-19(9-11-20)22-15-24-14-21(26-22)18-6-4-17(16-28)5-7-18/h4-11,14-15,28H,3,12-13,16H2,1-2H3,(H,25,29). The molecule has 2 N–H and O–H groups in total. The van der Waals surface area contributed by atoms with Crippen molar-refractivity contribution in [3.8, 4) is 22.5 Å². The van der Waals surface area contributed by atoms with E-state index in [2.05, 4.69) is 15.2 Å². The first-order valence-corrected chi connectivity index (χ1v) is 9.62. The molecule has 1 amide bonds. The minimum Gasteiger partial charge on any atom is -0.392 e. The van der Waals surface area contributed by atoms with E-state index in [-0.39, 0.29) is 12.5 Å². The van der Waals surface area contributed by atoms with Crippen molar-refractivity contribution in [2.45, 2.75) is 13.0 Å². The quantitative estimate of drug-likeness (QED) is 0.578. The molecular weight excluding hydrogens is 364 g/mol. The number of amides is 1. The van der Waals surface area contributed by atoms with Gasteiger partial charge in [0.25, 0.3) is 5.91 Å². The number of aromatic nitrogens is 2. The zero-order valence-corrected chi connectivity index (χ0v) is 16.8. The van der Waals surface area contributed by atoms with E-state index >= 15 is 0 Å². The van der Waals surface area contributed by atoms with E-state index in [9.17, 15) is 9.90 Å². The van der Waals surface area contributed by atoms with E-state index in [0.29, 0.717) is 12.1 Å². The van der Waals surface area contributed by atoms with Gasteiger partial charge in [-0.2, -0.15) is 0 Å². The molecule has 0 aliphatic rings. The van der Waals surface area contributed by atoms with E-state index in [0.717, 1.165) is 41.0 Å². The molecule has 0 aliphatic heterocycles. The summed E-state index contributed by atoms with van der Waals surface area (Å²) in [6, 6.07) is 15.0. The third-order valence-electron chi connectivity index (χ3n) is 4.58. The van der Waals surface area contributed by atoms with Crippen molar-refractivity contribution in [3.05, 3.63) is 72.1 Å². The Bertz CT molecular complexity index is 938. The van der Waals surface area contributed by atoms with E-state index in [1.165, 1.54) is 0 Å². The van der Waals surface area contributed by atoms with Gasteiger partial charge in [-0.05, 0) is 44.8 Å². The lowest BCUT2D eigenvalue weighted by Gasteiger charge is -2.10. The lowest BCUT2D eigenvalue weighted by atomic mass is 10.1. The molecule has 150 valence electrons. The molecule has 29 heavy (non-hydrogen) atoms. The van der Waals surface area contributed by atoms with Gasteiger partial charge in [0, 0.05) is 23.2 Å². The van der Waals surface area contributed by atoms with Crippen molar-refractivity contribution in [1.29, 1.82) is 0 Å². The second-order valence-corrected chi connectivity index (χ2v) is 7.13. The number of hydrogen-bond donors (Lipinski definition) is 2. The zero-order valence-electron chi connectivity index (χ0n) is 16.8. The SMILES string of the molecule is CN(C)CCCNC(=O)c1ccc(-c2cncc(-c3ccc(CO)cc3)n2)cc1. The Balaban J connectivity index is 1.68. The first-order chi connectivity index (χ1) is 14.1. The predicted octanol–water partition coefficient (Wildman–Crippen LogP) is 2.98. The molecule has 1 heterocycles. The van der Waals surface area contributed by atoms with Crippen molar-refractivity contribution < 1.29 is 9.90 Å². The fraction of sp³-hybridized carbons (Fsp3) is 0.261. The second-order valence-electron chi connectivity index (χ2n) is 7.13. The highest BCUT2D eigenvalue weighted by Crippen LogP contribution is 2.22. The highest BCUT2D eigenvalue weighted by molar-refractivity contribution is 5.94. The van der Waals surface area contributed by atoms with Gasteiger partial charge in [-0.3, -0.25) is 9.78 Å². The Labute approximate surface area is 171 Å². The first-order valence-electron chi connectivity index (χ1n) is 9.62. The molecule has 0 fully saturated rings. The maximum absolute atomic E-state index is 12.3. The summed E-state index contributed by atoms with van der Waals surface area (Å²) in [4.78, 5) is 23.3. The monoisotopic (exact) mass is 390 g/mol. The molecule has 0 aliphatic carbocycles. The van der Waals surface area contributed by atoms with Gasteiger partial charge in [-0.25, -0.2) is 4.98 Å². The summed E-state index contributed by atoms with van der Waals surface area (Å²) in [5.41, 5.74) is 4.82. The summed E-state index contributed by atoms with van der Waals surface area (Å²) in [6.07, 6.45) is 4.34. The van der Waals surface area contributed by atoms with Crippen LogP contribution in [0.15, 0.2) is 60.9 Å². The number of carbonyl (C=O) groups is 1. The highest BCUT2D eigenvalue weighted by Gasteiger charge is 2.08. The summed E-state index contributed by atoms with van der Waals surface area (Å²) in [5.74, 6) is -0.0703. The molecule has 6 nitrogen and oxygen atoms in total. The smallest absolute Gasteiger partial charge is 0.251 e. The van der Waals surface area contributed by atoms with Gasteiger partial charge in [-0.1, -0.05) is 36.4 Å². The molecule has 6 heteroatoms. The maximum Gasteiger partial charge on any atom is 0.251 e. The molecular formula is C23H26N4O2. The van der Waals surface area contributed by atoms with Gasteiger partial charge in [0.15, 0.2) is 0 Å². The molecule has 2 aromatic carbocycles. The zero-order chi connectivity index (χ0) is 20.6. The van der Waals surface area contributed by atoms with Crippen LogP contribution in [-0.2, 0) is 6.61 Å². The Morgan fingerprint density at radius 3 is 2.10 bits per heavy atom. The number of aliphatic hydroxyl groups is 1. The van der Waals surface area contributed by atoms with Gasteiger partial charge in [-0.15, -0.1) is 0 Å². The van der Waals surface area contributed by atoms with Gasteiger partial charge < -0.3 is 15.3 Å². The average Bonchev–Trinajstić information content (AvgIpc) is 2.76. The lowest BCUT2D eigenvalue weighted by Crippen LogP contribution is -2.27. The molecule has 3 aromatic rings. The van der Waals surface area contributed by atoms with Crippen LogP contribution in [0.4, 0.5) is 0 Å². The van der Waals surface area contributed by atoms with Gasteiger partial charge in [0.05, 0.1) is 30.4 Å². The van der Waals surface area contributed by atoms with Gasteiger partial charge >= 0.3 is 0 Å². The van der Waals surface area contributed by atoms with Crippen LogP contribution in [0.25, 0.3) is 22.5 Å². The number of carbonyl (C=O) groups excluding carboxylic acids is 1. The summed E-state index contributed by atoms with van der Waals surface area (Å²) >= 11 is 0. The van der Waals surface area contributed by atoms with Crippen LogP contribution in [0, 0.1) is 0 Å². The van der Waals surface area contributed by atoms with Crippen LogP contribution >= 0.6 is 0 Å². The van der Waals surface area contributed by atoms with Crippen molar-refractivity contribution in [1.82, 2.24) is 20.2 Å². The van der Waals surface area contributed by atoms with E-state index in [1.807, 2.05) is 50.5 Å².